The molecule has 0 saturated carbocycles. The molecule has 0 bridgehead atoms. The fraction of sp³-hybridized carbons (Fsp3) is 0.133. The number of rotatable bonds is 1. The van der Waals surface area contributed by atoms with Gasteiger partial charge in [-0.2, -0.15) is 0 Å². The molecule has 1 aliphatic rings. The van der Waals surface area contributed by atoms with Crippen LogP contribution in [0.5, 0.6) is 0 Å². The number of fused-ring (bicyclic) bond motifs is 3. The van der Waals surface area contributed by atoms with E-state index in [1.807, 2.05) is 18.2 Å². The van der Waals surface area contributed by atoms with Gasteiger partial charge in [0, 0.05) is 5.56 Å². The van der Waals surface area contributed by atoms with E-state index in [1.54, 1.807) is 6.92 Å². The summed E-state index contributed by atoms with van der Waals surface area (Å²) < 4.78 is 0. The summed E-state index contributed by atoms with van der Waals surface area (Å²) in [7, 11) is 0. The van der Waals surface area contributed by atoms with Crippen LogP contribution in [0.1, 0.15) is 28.4 Å². The SMILES string of the molecule is CC(=O)c1cccc2c1-c1ccccc1C2. The molecule has 0 heterocycles. The highest BCUT2D eigenvalue weighted by molar-refractivity contribution is 6.03. The van der Waals surface area contributed by atoms with Crippen molar-refractivity contribution in [1.29, 1.82) is 0 Å². The summed E-state index contributed by atoms with van der Waals surface area (Å²) in [4.78, 5) is 11.6. The summed E-state index contributed by atoms with van der Waals surface area (Å²) in [6.07, 6.45) is 0.951. The van der Waals surface area contributed by atoms with Gasteiger partial charge in [0.05, 0.1) is 0 Å². The summed E-state index contributed by atoms with van der Waals surface area (Å²) in [5.41, 5.74) is 5.82. The third kappa shape index (κ3) is 1.21. The van der Waals surface area contributed by atoms with E-state index >= 15 is 0 Å². The standard InChI is InChI=1S/C15H12O/c1-10(16)13-8-4-6-12-9-11-5-2-3-7-14(11)15(12)13/h2-8H,9H2,1H3. The first-order valence-corrected chi connectivity index (χ1v) is 5.48. The zero-order valence-electron chi connectivity index (χ0n) is 9.16. The van der Waals surface area contributed by atoms with Crippen molar-refractivity contribution in [2.24, 2.45) is 0 Å². The van der Waals surface area contributed by atoms with Crippen LogP contribution < -0.4 is 0 Å². The van der Waals surface area contributed by atoms with Crippen molar-refractivity contribution in [3.63, 3.8) is 0 Å². The predicted octanol–water partition coefficient (Wildman–Crippen LogP) is 3.46. The largest absolute Gasteiger partial charge is 0.294 e. The van der Waals surface area contributed by atoms with E-state index in [1.165, 1.54) is 16.7 Å². The Morgan fingerprint density at radius 3 is 2.56 bits per heavy atom. The molecule has 3 rings (SSSR count). The van der Waals surface area contributed by atoms with E-state index in [0.717, 1.165) is 17.5 Å². The lowest BCUT2D eigenvalue weighted by Crippen LogP contribution is -1.96. The van der Waals surface area contributed by atoms with Gasteiger partial charge in [-0.1, -0.05) is 42.5 Å². The molecule has 0 atom stereocenters. The van der Waals surface area contributed by atoms with Crippen LogP contribution in [0.3, 0.4) is 0 Å². The fourth-order valence-corrected chi connectivity index (χ4v) is 2.48. The molecule has 0 fully saturated rings. The highest BCUT2D eigenvalue weighted by atomic mass is 16.1. The van der Waals surface area contributed by atoms with Gasteiger partial charge >= 0.3 is 0 Å². The van der Waals surface area contributed by atoms with Crippen LogP contribution in [0.15, 0.2) is 42.5 Å². The molecule has 2 aromatic rings. The quantitative estimate of drug-likeness (QED) is 0.560. The predicted molar refractivity (Wildman–Crippen MR) is 64.7 cm³/mol. The van der Waals surface area contributed by atoms with E-state index in [2.05, 4.69) is 24.3 Å². The van der Waals surface area contributed by atoms with Crippen molar-refractivity contribution < 1.29 is 4.79 Å². The monoisotopic (exact) mass is 208 g/mol. The number of Topliss-reactive ketones (excluding diaryl/α,β-unsaturated/α-hetero) is 1. The molecule has 16 heavy (non-hydrogen) atoms. The Bertz CT molecular complexity index is 582. The molecule has 0 aliphatic heterocycles. The zero-order valence-corrected chi connectivity index (χ0v) is 9.16. The summed E-state index contributed by atoms with van der Waals surface area (Å²) in [5, 5.41) is 0. The third-order valence-corrected chi connectivity index (χ3v) is 3.20. The van der Waals surface area contributed by atoms with Gasteiger partial charge in [0.25, 0.3) is 0 Å². The normalized spacial score (nSPS) is 12.1. The molecule has 0 unspecified atom stereocenters. The van der Waals surface area contributed by atoms with Crippen LogP contribution in [-0.2, 0) is 6.42 Å². The molecule has 1 nitrogen and oxygen atoms in total. The first kappa shape index (κ1) is 9.34. The molecule has 2 aromatic carbocycles. The maximum atomic E-state index is 11.6. The van der Waals surface area contributed by atoms with Gasteiger partial charge < -0.3 is 0 Å². The molecular weight excluding hydrogens is 196 g/mol. The van der Waals surface area contributed by atoms with Crippen molar-refractivity contribution in [3.8, 4) is 11.1 Å². The molecule has 0 amide bonds. The molecule has 0 aromatic heterocycles. The van der Waals surface area contributed by atoms with Crippen molar-refractivity contribution in [2.75, 3.05) is 0 Å². The summed E-state index contributed by atoms with van der Waals surface area (Å²) in [6.45, 7) is 1.64. The Balaban J connectivity index is 2.33. The van der Waals surface area contributed by atoms with Gasteiger partial charge in [0.15, 0.2) is 5.78 Å². The molecular formula is C15H12O. The first-order valence-electron chi connectivity index (χ1n) is 5.48. The minimum Gasteiger partial charge on any atom is -0.294 e. The Labute approximate surface area is 94.7 Å². The van der Waals surface area contributed by atoms with Crippen LogP contribution in [0, 0.1) is 0 Å². The summed E-state index contributed by atoms with van der Waals surface area (Å²) in [5.74, 6) is 0.147. The van der Waals surface area contributed by atoms with Crippen LogP contribution >= 0.6 is 0 Å². The van der Waals surface area contributed by atoms with Crippen molar-refractivity contribution in [1.82, 2.24) is 0 Å². The van der Waals surface area contributed by atoms with Gasteiger partial charge in [-0.05, 0) is 35.6 Å². The average molecular weight is 208 g/mol. The van der Waals surface area contributed by atoms with Gasteiger partial charge in [-0.3, -0.25) is 4.79 Å². The van der Waals surface area contributed by atoms with Gasteiger partial charge in [0.1, 0.15) is 0 Å². The highest BCUT2D eigenvalue weighted by Gasteiger charge is 2.21. The highest BCUT2D eigenvalue weighted by Crippen LogP contribution is 2.38. The number of hydrogen-bond acceptors (Lipinski definition) is 1. The number of ketones is 1. The average Bonchev–Trinajstić information content (AvgIpc) is 2.66. The molecule has 1 heteroatoms. The van der Waals surface area contributed by atoms with Crippen molar-refractivity contribution in [3.05, 3.63) is 59.2 Å². The summed E-state index contributed by atoms with van der Waals surface area (Å²) in [6, 6.07) is 14.3. The number of benzene rings is 2. The maximum Gasteiger partial charge on any atom is 0.160 e. The maximum absolute atomic E-state index is 11.6. The minimum absolute atomic E-state index is 0.147. The second-order valence-electron chi connectivity index (χ2n) is 4.23. The third-order valence-electron chi connectivity index (χ3n) is 3.20. The van der Waals surface area contributed by atoms with Crippen LogP contribution in [0.2, 0.25) is 0 Å². The lowest BCUT2D eigenvalue weighted by molar-refractivity contribution is 0.101. The molecule has 0 saturated heterocycles. The van der Waals surface area contributed by atoms with Crippen LogP contribution in [0.4, 0.5) is 0 Å². The minimum atomic E-state index is 0.147. The van der Waals surface area contributed by atoms with Crippen LogP contribution in [0.25, 0.3) is 11.1 Å². The number of carbonyl (C=O) groups excluding carboxylic acids is 1. The molecule has 0 spiro atoms. The van der Waals surface area contributed by atoms with Crippen molar-refractivity contribution >= 4 is 5.78 Å². The Kier molecular flexibility index (Phi) is 1.93. The van der Waals surface area contributed by atoms with Crippen LogP contribution in [-0.4, -0.2) is 5.78 Å². The lowest BCUT2D eigenvalue weighted by atomic mass is 9.97. The first-order chi connectivity index (χ1) is 7.77. The lowest BCUT2D eigenvalue weighted by Gasteiger charge is -2.06. The number of carbonyl (C=O) groups is 1. The Hall–Kier alpha value is -1.89. The summed E-state index contributed by atoms with van der Waals surface area (Å²) >= 11 is 0. The van der Waals surface area contributed by atoms with Crippen molar-refractivity contribution in [2.45, 2.75) is 13.3 Å². The smallest absolute Gasteiger partial charge is 0.160 e. The topological polar surface area (TPSA) is 17.1 Å². The molecule has 1 aliphatic carbocycles. The molecule has 0 N–H and O–H groups in total. The van der Waals surface area contributed by atoms with Gasteiger partial charge in [0.2, 0.25) is 0 Å². The van der Waals surface area contributed by atoms with E-state index in [4.69, 9.17) is 0 Å². The zero-order chi connectivity index (χ0) is 11.1. The van der Waals surface area contributed by atoms with E-state index < -0.39 is 0 Å². The number of hydrogen-bond donors (Lipinski definition) is 0. The van der Waals surface area contributed by atoms with E-state index in [-0.39, 0.29) is 5.78 Å². The Morgan fingerprint density at radius 1 is 1.00 bits per heavy atom. The van der Waals surface area contributed by atoms with E-state index in [0.29, 0.717) is 0 Å². The van der Waals surface area contributed by atoms with Gasteiger partial charge in [-0.25, -0.2) is 0 Å². The second-order valence-corrected chi connectivity index (χ2v) is 4.23. The molecule has 78 valence electrons. The Morgan fingerprint density at radius 2 is 1.75 bits per heavy atom. The fourth-order valence-electron chi connectivity index (χ4n) is 2.48. The van der Waals surface area contributed by atoms with Gasteiger partial charge in [-0.15, -0.1) is 0 Å². The molecule has 0 radical (unpaired) electrons. The van der Waals surface area contributed by atoms with E-state index in [9.17, 15) is 4.79 Å². The second kappa shape index (κ2) is 3.31.